The Balaban J connectivity index is 2.39. The Morgan fingerprint density at radius 1 is 1.31 bits per heavy atom. The van der Waals surface area contributed by atoms with Gasteiger partial charge in [0.15, 0.2) is 0 Å². The summed E-state index contributed by atoms with van der Waals surface area (Å²) in [5.74, 6) is 0. The fraction of sp³-hybridized carbons (Fsp3) is 0.500. The van der Waals surface area contributed by atoms with Gasteiger partial charge in [0.25, 0.3) is 0 Å². The van der Waals surface area contributed by atoms with E-state index in [9.17, 15) is 0 Å². The summed E-state index contributed by atoms with van der Waals surface area (Å²) in [6, 6.07) is 5.47. The molecule has 0 saturated heterocycles. The standard InChI is InChI=1S/C12H16Cl3N/c1-2-3-11(14)8-16-7-9-6-10(13)4-5-12(9)15/h4-6,11,16H,2-3,7-8H2,1H3. The van der Waals surface area contributed by atoms with Crippen molar-refractivity contribution >= 4 is 34.8 Å². The first-order chi connectivity index (χ1) is 7.63. The number of halogens is 3. The fourth-order valence-electron chi connectivity index (χ4n) is 1.46. The maximum atomic E-state index is 6.10. The second-order valence-corrected chi connectivity index (χ2v) is 5.21. The van der Waals surface area contributed by atoms with Crippen molar-refractivity contribution in [3.63, 3.8) is 0 Å². The molecule has 1 aromatic carbocycles. The van der Waals surface area contributed by atoms with Crippen LogP contribution in [-0.4, -0.2) is 11.9 Å². The first-order valence-electron chi connectivity index (χ1n) is 5.42. The van der Waals surface area contributed by atoms with E-state index in [0.29, 0.717) is 11.6 Å². The molecule has 0 aromatic heterocycles. The van der Waals surface area contributed by atoms with Gasteiger partial charge in [0.1, 0.15) is 0 Å². The highest BCUT2D eigenvalue weighted by atomic mass is 35.5. The average molecular weight is 281 g/mol. The van der Waals surface area contributed by atoms with E-state index in [4.69, 9.17) is 34.8 Å². The van der Waals surface area contributed by atoms with Crippen LogP contribution in [0.1, 0.15) is 25.3 Å². The SMILES string of the molecule is CCCC(Cl)CNCc1cc(Cl)ccc1Cl. The highest BCUT2D eigenvalue weighted by Crippen LogP contribution is 2.20. The van der Waals surface area contributed by atoms with Crippen molar-refractivity contribution in [3.05, 3.63) is 33.8 Å². The molecule has 0 spiro atoms. The van der Waals surface area contributed by atoms with Crippen LogP contribution in [0.5, 0.6) is 0 Å². The number of rotatable bonds is 6. The van der Waals surface area contributed by atoms with E-state index >= 15 is 0 Å². The molecule has 4 heteroatoms. The summed E-state index contributed by atoms with van der Waals surface area (Å²) >= 11 is 18.0. The van der Waals surface area contributed by atoms with Crippen molar-refractivity contribution < 1.29 is 0 Å². The van der Waals surface area contributed by atoms with E-state index in [0.717, 1.165) is 30.0 Å². The predicted molar refractivity (Wildman–Crippen MR) is 72.7 cm³/mol. The molecule has 0 aliphatic carbocycles. The van der Waals surface area contributed by atoms with Crippen molar-refractivity contribution in [1.82, 2.24) is 5.32 Å². The van der Waals surface area contributed by atoms with Crippen LogP contribution < -0.4 is 5.32 Å². The molecule has 1 N–H and O–H groups in total. The summed E-state index contributed by atoms with van der Waals surface area (Å²) in [5.41, 5.74) is 1.01. The zero-order chi connectivity index (χ0) is 12.0. The van der Waals surface area contributed by atoms with Gasteiger partial charge in [-0.2, -0.15) is 0 Å². The van der Waals surface area contributed by atoms with Crippen molar-refractivity contribution in [2.24, 2.45) is 0 Å². The lowest BCUT2D eigenvalue weighted by molar-refractivity contribution is 0.623. The largest absolute Gasteiger partial charge is 0.311 e. The Morgan fingerprint density at radius 3 is 2.75 bits per heavy atom. The van der Waals surface area contributed by atoms with Gasteiger partial charge in [0, 0.05) is 28.5 Å². The van der Waals surface area contributed by atoms with Gasteiger partial charge < -0.3 is 5.32 Å². The Bertz CT molecular complexity index is 328. The van der Waals surface area contributed by atoms with E-state index in [1.165, 1.54) is 0 Å². The summed E-state index contributed by atoms with van der Waals surface area (Å²) in [5, 5.41) is 4.90. The molecule has 0 saturated carbocycles. The first-order valence-corrected chi connectivity index (χ1v) is 6.61. The molecule has 90 valence electrons. The zero-order valence-corrected chi connectivity index (χ0v) is 11.5. The molecule has 0 fully saturated rings. The van der Waals surface area contributed by atoms with Crippen molar-refractivity contribution in [1.29, 1.82) is 0 Å². The van der Waals surface area contributed by atoms with Gasteiger partial charge in [-0.1, -0.05) is 36.5 Å². The van der Waals surface area contributed by atoms with Gasteiger partial charge in [0.05, 0.1) is 0 Å². The lowest BCUT2D eigenvalue weighted by Crippen LogP contribution is -2.22. The molecular formula is C12H16Cl3N. The van der Waals surface area contributed by atoms with E-state index in [-0.39, 0.29) is 5.38 Å². The van der Waals surface area contributed by atoms with E-state index in [1.54, 1.807) is 6.07 Å². The molecular weight excluding hydrogens is 264 g/mol. The van der Waals surface area contributed by atoms with Gasteiger partial charge in [0.2, 0.25) is 0 Å². The van der Waals surface area contributed by atoms with Crippen LogP contribution in [0.3, 0.4) is 0 Å². The number of hydrogen-bond donors (Lipinski definition) is 1. The van der Waals surface area contributed by atoms with Gasteiger partial charge >= 0.3 is 0 Å². The Labute approximate surface area is 112 Å². The van der Waals surface area contributed by atoms with Crippen molar-refractivity contribution in [2.45, 2.75) is 31.7 Å². The molecule has 1 atom stereocenters. The quantitative estimate of drug-likeness (QED) is 0.757. The van der Waals surface area contributed by atoms with Gasteiger partial charge in [-0.3, -0.25) is 0 Å². The third-order valence-corrected chi connectivity index (χ3v) is 3.27. The van der Waals surface area contributed by atoms with Gasteiger partial charge in [-0.25, -0.2) is 0 Å². The lowest BCUT2D eigenvalue weighted by Gasteiger charge is -2.10. The summed E-state index contributed by atoms with van der Waals surface area (Å²) in [7, 11) is 0. The second kappa shape index (κ2) is 7.39. The maximum Gasteiger partial charge on any atom is 0.0460 e. The monoisotopic (exact) mass is 279 g/mol. The fourth-order valence-corrected chi connectivity index (χ4v) is 2.16. The van der Waals surface area contributed by atoms with Crippen LogP contribution in [0, 0.1) is 0 Å². The first kappa shape index (κ1) is 14.1. The van der Waals surface area contributed by atoms with Crippen molar-refractivity contribution in [2.75, 3.05) is 6.54 Å². The summed E-state index contributed by atoms with van der Waals surface area (Å²) in [6.07, 6.45) is 2.13. The van der Waals surface area contributed by atoms with Crippen molar-refractivity contribution in [3.8, 4) is 0 Å². The minimum atomic E-state index is 0.183. The molecule has 1 rings (SSSR count). The number of benzene rings is 1. The van der Waals surface area contributed by atoms with E-state index in [2.05, 4.69) is 12.2 Å². The number of nitrogens with one attached hydrogen (secondary N) is 1. The summed E-state index contributed by atoms with van der Waals surface area (Å²) in [4.78, 5) is 0. The Hall–Kier alpha value is 0.0500. The predicted octanol–water partition coefficient (Wildman–Crippen LogP) is 4.49. The average Bonchev–Trinajstić information content (AvgIpc) is 2.23. The minimum absolute atomic E-state index is 0.183. The molecule has 16 heavy (non-hydrogen) atoms. The molecule has 0 amide bonds. The third kappa shape index (κ3) is 4.92. The van der Waals surface area contributed by atoms with Crippen LogP contribution in [0.15, 0.2) is 18.2 Å². The summed E-state index contributed by atoms with van der Waals surface area (Å²) < 4.78 is 0. The van der Waals surface area contributed by atoms with E-state index in [1.807, 2.05) is 12.1 Å². The van der Waals surface area contributed by atoms with Gasteiger partial charge in [-0.05, 0) is 30.2 Å². The molecule has 0 aliphatic rings. The van der Waals surface area contributed by atoms with Crippen LogP contribution in [-0.2, 0) is 6.54 Å². The zero-order valence-electron chi connectivity index (χ0n) is 9.27. The van der Waals surface area contributed by atoms with Crippen LogP contribution in [0.4, 0.5) is 0 Å². The van der Waals surface area contributed by atoms with Gasteiger partial charge in [-0.15, -0.1) is 11.6 Å². The number of alkyl halides is 1. The highest BCUT2D eigenvalue weighted by Gasteiger charge is 2.04. The topological polar surface area (TPSA) is 12.0 Å². The molecule has 0 heterocycles. The maximum absolute atomic E-state index is 6.10. The lowest BCUT2D eigenvalue weighted by atomic mass is 10.2. The Morgan fingerprint density at radius 2 is 2.06 bits per heavy atom. The van der Waals surface area contributed by atoms with Crippen LogP contribution in [0.25, 0.3) is 0 Å². The molecule has 0 aliphatic heterocycles. The van der Waals surface area contributed by atoms with Crippen LogP contribution in [0.2, 0.25) is 10.0 Å². The molecule has 1 unspecified atom stereocenters. The van der Waals surface area contributed by atoms with Crippen LogP contribution >= 0.6 is 34.8 Å². The number of hydrogen-bond acceptors (Lipinski definition) is 1. The summed E-state index contributed by atoms with van der Waals surface area (Å²) in [6.45, 7) is 3.62. The smallest absolute Gasteiger partial charge is 0.0460 e. The Kier molecular flexibility index (Phi) is 6.52. The molecule has 0 bridgehead atoms. The normalized spacial score (nSPS) is 12.8. The second-order valence-electron chi connectivity index (χ2n) is 3.75. The molecule has 1 aromatic rings. The molecule has 0 radical (unpaired) electrons. The van der Waals surface area contributed by atoms with E-state index < -0.39 is 0 Å². The minimum Gasteiger partial charge on any atom is -0.311 e. The molecule has 1 nitrogen and oxygen atoms in total. The highest BCUT2D eigenvalue weighted by molar-refractivity contribution is 6.33. The third-order valence-electron chi connectivity index (χ3n) is 2.29.